The van der Waals surface area contributed by atoms with E-state index >= 15 is 0 Å². The summed E-state index contributed by atoms with van der Waals surface area (Å²) >= 11 is 1.71. The van der Waals surface area contributed by atoms with Crippen LogP contribution in [0.3, 0.4) is 0 Å². The zero-order valence-electron chi connectivity index (χ0n) is 17.9. The van der Waals surface area contributed by atoms with E-state index in [1.165, 1.54) is 10.4 Å². The highest BCUT2D eigenvalue weighted by atomic mass is 127. The van der Waals surface area contributed by atoms with Crippen LogP contribution < -0.4 is 10.6 Å². The Hall–Kier alpha value is -1.65. The van der Waals surface area contributed by atoms with E-state index in [-0.39, 0.29) is 36.4 Å². The molecule has 2 N–H and O–H groups in total. The van der Waals surface area contributed by atoms with Crippen molar-refractivity contribution in [3.05, 3.63) is 58.3 Å². The average molecular weight is 542 g/mol. The predicted molar refractivity (Wildman–Crippen MR) is 135 cm³/mol. The molecule has 1 saturated heterocycles. The van der Waals surface area contributed by atoms with E-state index in [1.807, 2.05) is 6.07 Å². The number of aliphatic imine (C=N–C) groups is 1. The van der Waals surface area contributed by atoms with Crippen molar-refractivity contribution in [3.8, 4) is 0 Å². The van der Waals surface area contributed by atoms with Gasteiger partial charge in [-0.05, 0) is 30.4 Å². The van der Waals surface area contributed by atoms with E-state index in [9.17, 15) is 4.79 Å². The Bertz CT molecular complexity index is 797. The normalized spacial score (nSPS) is 19.2. The molecular formula is C22H32IN5OS. The monoisotopic (exact) mass is 541 g/mol. The van der Waals surface area contributed by atoms with Crippen molar-refractivity contribution < 1.29 is 4.79 Å². The number of rotatable bonds is 7. The van der Waals surface area contributed by atoms with Gasteiger partial charge in [0.15, 0.2) is 5.96 Å². The number of carbonyl (C=O) groups is 1. The Balaban J connectivity index is 0.00000320. The van der Waals surface area contributed by atoms with Crippen molar-refractivity contribution in [1.29, 1.82) is 0 Å². The molecule has 6 nitrogen and oxygen atoms in total. The second-order valence-corrected chi connectivity index (χ2v) is 8.76. The lowest BCUT2D eigenvalue weighted by Crippen LogP contribution is -2.44. The number of guanidine groups is 1. The van der Waals surface area contributed by atoms with Crippen LogP contribution in [0.2, 0.25) is 0 Å². The molecule has 1 amide bonds. The van der Waals surface area contributed by atoms with Crippen LogP contribution in [0.15, 0.2) is 52.8 Å². The van der Waals surface area contributed by atoms with E-state index in [0.717, 1.165) is 19.5 Å². The minimum absolute atomic E-state index is 0. The van der Waals surface area contributed by atoms with Crippen LogP contribution in [0.1, 0.15) is 23.8 Å². The standard InChI is InChI=1S/C22H31N5OS.HI/c1-17-12-19(16-27(17)15-18-8-5-4-6-9-18)25-22(24-14-21(28)26(2)3)23-13-20-10-7-11-29-20;/h4-11,17,19H,12-16H2,1-3H3,(H2,23,24,25);1H. The van der Waals surface area contributed by atoms with Crippen molar-refractivity contribution in [2.45, 2.75) is 38.5 Å². The number of nitrogens with zero attached hydrogens (tertiary/aromatic N) is 3. The first-order valence-electron chi connectivity index (χ1n) is 10.1. The van der Waals surface area contributed by atoms with Gasteiger partial charge < -0.3 is 15.5 Å². The van der Waals surface area contributed by atoms with Gasteiger partial charge in [-0.2, -0.15) is 0 Å². The van der Waals surface area contributed by atoms with Gasteiger partial charge in [-0.3, -0.25) is 9.69 Å². The number of carbonyl (C=O) groups excluding carboxylic acids is 1. The third-order valence-corrected chi connectivity index (χ3v) is 6.03. The molecule has 1 aliphatic heterocycles. The molecule has 1 aromatic carbocycles. The molecule has 2 heterocycles. The van der Waals surface area contributed by atoms with Crippen LogP contribution in [-0.2, 0) is 17.9 Å². The van der Waals surface area contributed by atoms with E-state index in [4.69, 9.17) is 0 Å². The molecule has 0 saturated carbocycles. The molecule has 0 aliphatic carbocycles. The molecule has 164 valence electrons. The molecular weight excluding hydrogens is 509 g/mol. The van der Waals surface area contributed by atoms with Gasteiger partial charge in [-0.1, -0.05) is 36.4 Å². The molecule has 2 atom stereocenters. The second-order valence-electron chi connectivity index (χ2n) is 7.73. The summed E-state index contributed by atoms with van der Waals surface area (Å²) in [6.45, 7) is 5.03. The van der Waals surface area contributed by atoms with Crippen molar-refractivity contribution in [2.75, 3.05) is 27.2 Å². The molecule has 2 unspecified atom stereocenters. The Kier molecular flexibility index (Phi) is 10.1. The first-order chi connectivity index (χ1) is 14.0. The van der Waals surface area contributed by atoms with Crippen LogP contribution in [0.5, 0.6) is 0 Å². The van der Waals surface area contributed by atoms with Gasteiger partial charge >= 0.3 is 0 Å². The number of benzene rings is 1. The third kappa shape index (κ3) is 7.55. The number of likely N-dealkylation sites (N-methyl/N-ethyl adjacent to an activating group) is 1. The number of hydrogen-bond donors (Lipinski definition) is 2. The first kappa shape index (κ1) is 24.6. The number of nitrogens with one attached hydrogen (secondary N) is 2. The zero-order valence-corrected chi connectivity index (χ0v) is 21.0. The van der Waals surface area contributed by atoms with Crippen LogP contribution in [0.4, 0.5) is 0 Å². The zero-order chi connectivity index (χ0) is 20.6. The summed E-state index contributed by atoms with van der Waals surface area (Å²) in [5.74, 6) is 0.695. The number of amides is 1. The van der Waals surface area contributed by atoms with Crippen LogP contribution in [0, 0.1) is 0 Å². The highest BCUT2D eigenvalue weighted by Crippen LogP contribution is 2.20. The Labute approximate surface area is 200 Å². The molecule has 0 bridgehead atoms. The van der Waals surface area contributed by atoms with Crippen LogP contribution >= 0.6 is 35.3 Å². The number of hydrogen-bond acceptors (Lipinski definition) is 4. The van der Waals surface area contributed by atoms with Crippen molar-refractivity contribution in [2.24, 2.45) is 4.99 Å². The minimum atomic E-state index is -0.00674. The molecule has 3 rings (SSSR count). The van der Waals surface area contributed by atoms with Crippen LogP contribution in [0.25, 0.3) is 0 Å². The molecule has 8 heteroatoms. The SMILES string of the molecule is CC1CC(NC(=NCC(=O)N(C)C)NCc2cccs2)CN1Cc1ccccc1.I. The predicted octanol–water partition coefficient (Wildman–Crippen LogP) is 3.15. The van der Waals surface area contributed by atoms with Crippen molar-refractivity contribution in [3.63, 3.8) is 0 Å². The van der Waals surface area contributed by atoms with Gasteiger partial charge in [-0.15, -0.1) is 35.3 Å². The maximum Gasteiger partial charge on any atom is 0.243 e. The van der Waals surface area contributed by atoms with Gasteiger partial charge in [-0.25, -0.2) is 4.99 Å². The van der Waals surface area contributed by atoms with E-state index in [1.54, 1.807) is 30.3 Å². The summed E-state index contributed by atoms with van der Waals surface area (Å²) in [5.41, 5.74) is 1.33. The molecule has 0 radical (unpaired) electrons. The van der Waals surface area contributed by atoms with E-state index in [2.05, 4.69) is 69.2 Å². The molecule has 30 heavy (non-hydrogen) atoms. The average Bonchev–Trinajstić information content (AvgIpc) is 3.34. The summed E-state index contributed by atoms with van der Waals surface area (Å²) < 4.78 is 0. The smallest absolute Gasteiger partial charge is 0.243 e. The van der Waals surface area contributed by atoms with Crippen molar-refractivity contribution in [1.82, 2.24) is 20.4 Å². The molecule has 1 aliphatic rings. The summed E-state index contributed by atoms with van der Waals surface area (Å²) in [7, 11) is 3.51. The molecule has 2 aromatic rings. The topological polar surface area (TPSA) is 60.0 Å². The van der Waals surface area contributed by atoms with Gasteiger partial charge in [0, 0.05) is 44.1 Å². The Morgan fingerprint density at radius 1 is 1.23 bits per heavy atom. The number of halogens is 1. The van der Waals surface area contributed by atoms with Crippen molar-refractivity contribution >= 4 is 47.2 Å². The van der Waals surface area contributed by atoms with Gasteiger partial charge in [0.25, 0.3) is 0 Å². The van der Waals surface area contributed by atoms with Crippen LogP contribution in [-0.4, -0.2) is 60.9 Å². The third-order valence-electron chi connectivity index (χ3n) is 5.15. The number of thiophene rings is 1. The Morgan fingerprint density at radius 2 is 2.00 bits per heavy atom. The fourth-order valence-corrected chi connectivity index (χ4v) is 4.10. The maximum atomic E-state index is 12.0. The molecule has 1 fully saturated rings. The highest BCUT2D eigenvalue weighted by Gasteiger charge is 2.29. The quantitative estimate of drug-likeness (QED) is 0.321. The van der Waals surface area contributed by atoms with Gasteiger partial charge in [0.2, 0.25) is 5.91 Å². The van der Waals surface area contributed by atoms with Gasteiger partial charge in [0.1, 0.15) is 6.54 Å². The summed E-state index contributed by atoms with van der Waals surface area (Å²) in [4.78, 5) is 21.8. The largest absolute Gasteiger partial charge is 0.352 e. The minimum Gasteiger partial charge on any atom is -0.352 e. The van der Waals surface area contributed by atoms with Gasteiger partial charge in [0.05, 0.1) is 6.54 Å². The molecule has 1 aromatic heterocycles. The fourth-order valence-electron chi connectivity index (χ4n) is 3.46. The lowest BCUT2D eigenvalue weighted by atomic mass is 10.2. The summed E-state index contributed by atoms with van der Waals surface area (Å²) in [6, 6.07) is 15.5. The lowest BCUT2D eigenvalue weighted by Gasteiger charge is -2.21. The second kappa shape index (κ2) is 12.3. The lowest BCUT2D eigenvalue weighted by molar-refractivity contribution is -0.127. The fraction of sp³-hybridized carbons (Fsp3) is 0.455. The Morgan fingerprint density at radius 3 is 2.67 bits per heavy atom. The summed E-state index contributed by atoms with van der Waals surface area (Å²) in [5, 5.41) is 9.00. The molecule has 0 spiro atoms. The first-order valence-corrected chi connectivity index (χ1v) is 10.9. The van der Waals surface area contributed by atoms with E-state index in [0.29, 0.717) is 24.6 Å². The summed E-state index contributed by atoms with van der Waals surface area (Å²) in [6.07, 6.45) is 1.05. The maximum absolute atomic E-state index is 12.0. The number of likely N-dealkylation sites (tertiary alicyclic amines) is 1. The van der Waals surface area contributed by atoms with E-state index < -0.39 is 0 Å². The highest BCUT2D eigenvalue weighted by molar-refractivity contribution is 14.0.